The van der Waals surface area contributed by atoms with Gasteiger partial charge in [-0.05, 0) is 29.1 Å². The van der Waals surface area contributed by atoms with E-state index in [0.717, 1.165) is 15.4 Å². The Kier molecular flexibility index (Phi) is 4.90. The van der Waals surface area contributed by atoms with Gasteiger partial charge in [0.2, 0.25) is 4.77 Å². The van der Waals surface area contributed by atoms with E-state index in [1.165, 1.54) is 12.3 Å². The van der Waals surface area contributed by atoms with Crippen molar-refractivity contribution in [2.24, 2.45) is 5.10 Å². The van der Waals surface area contributed by atoms with Crippen molar-refractivity contribution in [3.05, 3.63) is 62.8 Å². The summed E-state index contributed by atoms with van der Waals surface area (Å²) in [7, 11) is 0. The lowest BCUT2D eigenvalue weighted by Gasteiger charge is -2.05. The van der Waals surface area contributed by atoms with Gasteiger partial charge in [-0.3, -0.25) is 14.7 Å². The monoisotopic (exact) mass is 370 g/mol. The summed E-state index contributed by atoms with van der Waals surface area (Å²) in [5.41, 5.74) is -0.153. The molecule has 3 N–H and O–H groups in total. The first-order valence-electron chi connectivity index (χ1n) is 7.65. The summed E-state index contributed by atoms with van der Waals surface area (Å²) in [6, 6.07) is 10.7. The fourth-order valence-corrected chi connectivity index (χ4v) is 2.63. The number of carboxylic acid groups (broad SMARTS) is 1. The molecule has 8 nitrogen and oxygen atoms in total. The van der Waals surface area contributed by atoms with Crippen LogP contribution in [0.1, 0.15) is 17.7 Å². The van der Waals surface area contributed by atoms with E-state index in [9.17, 15) is 14.7 Å². The van der Waals surface area contributed by atoms with Gasteiger partial charge >= 0.3 is 5.97 Å². The number of rotatable bonds is 5. The van der Waals surface area contributed by atoms with E-state index >= 15 is 0 Å². The second-order valence-electron chi connectivity index (χ2n) is 5.45. The Morgan fingerprint density at radius 3 is 2.85 bits per heavy atom. The quantitative estimate of drug-likeness (QED) is 0.467. The fraction of sp³-hybridized carbons (Fsp3) is 0.118. The Balaban J connectivity index is 2.06. The number of hydrogen-bond acceptors (Lipinski definition) is 6. The van der Waals surface area contributed by atoms with Gasteiger partial charge in [-0.15, -0.1) is 0 Å². The van der Waals surface area contributed by atoms with Gasteiger partial charge in [0.15, 0.2) is 0 Å². The van der Waals surface area contributed by atoms with Gasteiger partial charge in [0.25, 0.3) is 5.56 Å². The zero-order chi connectivity index (χ0) is 18.7. The number of carbonyl (C=O) groups is 1. The molecule has 0 aliphatic carbocycles. The molecule has 0 fully saturated rings. The molecular formula is C17H14N4O4S. The van der Waals surface area contributed by atoms with E-state index in [1.807, 2.05) is 24.3 Å². The largest absolute Gasteiger partial charge is 0.507 e. The number of nitrogens with one attached hydrogen (secondary N) is 1. The summed E-state index contributed by atoms with van der Waals surface area (Å²) in [6.45, 7) is 0. The highest BCUT2D eigenvalue weighted by Gasteiger charge is 2.10. The first-order valence-corrected chi connectivity index (χ1v) is 8.05. The highest BCUT2D eigenvalue weighted by atomic mass is 32.1. The number of phenolic OH excluding ortho intramolecular Hbond substituents is 1. The lowest BCUT2D eigenvalue weighted by Crippen LogP contribution is -2.25. The molecule has 132 valence electrons. The maximum Gasteiger partial charge on any atom is 0.303 e. The third-order valence-corrected chi connectivity index (χ3v) is 4.01. The molecule has 0 radical (unpaired) electrons. The molecule has 0 saturated heterocycles. The van der Waals surface area contributed by atoms with Gasteiger partial charge < -0.3 is 10.2 Å². The predicted molar refractivity (Wildman–Crippen MR) is 98.2 cm³/mol. The van der Waals surface area contributed by atoms with Crippen LogP contribution in [-0.4, -0.2) is 37.3 Å². The topological polar surface area (TPSA) is 121 Å². The van der Waals surface area contributed by atoms with Crippen molar-refractivity contribution in [2.75, 3.05) is 0 Å². The van der Waals surface area contributed by atoms with Crippen LogP contribution in [0.15, 0.2) is 46.3 Å². The molecule has 0 aliphatic heterocycles. The molecule has 1 aromatic heterocycles. The highest BCUT2D eigenvalue weighted by Crippen LogP contribution is 2.25. The van der Waals surface area contributed by atoms with E-state index in [0.29, 0.717) is 5.56 Å². The lowest BCUT2D eigenvalue weighted by molar-refractivity contribution is -0.136. The number of fused-ring (bicyclic) bond motifs is 1. The number of aromatic nitrogens is 3. The molecule has 0 saturated carbocycles. The summed E-state index contributed by atoms with van der Waals surface area (Å²) >= 11 is 5.03. The van der Waals surface area contributed by atoms with Crippen molar-refractivity contribution in [3.63, 3.8) is 0 Å². The average Bonchev–Trinajstić information content (AvgIpc) is 2.62. The number of H-pyrrole nitrogens is 1. The summed E-state index contributed by atoms with van der Waals surface area (Å²) in [5.74, 6) is -1.03. The Bertz CT molecular complexity index is 1130. The van der Waals surface area contributed by atoms with Crippen molar-refractivity contribution in [2.45, 2.75) is 12.8 Å². The van der Waals surface area contributed by atoms with Gasteiger partial charge in [0.05, 0.1) is 12.6 Å². The van der Waals surface area contributed by atoms with Crippen LogP contribution in [0.5, 0.6) is 5.75 Å². The molecule has 0 amide bonds. The van der Waals surface area contributed by atoms with Crippen LogP contribution in [0.3, 0.4) is 0 Å². The molecule has 2 aromatic carbocycles. The van der Waals surface area contributed by atoms with Crippen molar-refractivity contribution >= 4 is 35.2 Å². The number of aliphatic carboxylic acids is 1. The normalized spacial score (nSPS) is 11.2. The van der Waals surface area contributed by atoms with Crippen LogP contribution < -0.4 is 5.56 Å². The minimum absolute atomic E-state index is 0.00977. The molecular weight excluding hydrogens is 356 g/mol. The number of hydrogen-bond donors (Lipinski definition) is 3. The molecule has 3 aromatic rings. The maximum absolute atomic E-state index is 12.4. The number of phenols is 1. The van der Waals surface area contributed by atoms with Gasteiger partial charge in [0.1, 0.15) is 11.4 Å². The number of carboxylic acids is 1. The summed E-state index contributed by atoms with van der Waals surface area (Å²) in [6.07, 6.45) is 1.06. The molecule has 0 unspecified atom stereocenters. The standard InChI is InChI=1S/C17H14N4O4S/c22-14-7-5-10-3-1-2-4-11(10)12(14)9-18-21-16(25)13(6-8-15(23)24)19-20-17(21)26/h1-5,7,9,22H,6,8H2,(H,20,26)(H,23,24)/b18-9-. The Morgan fingerprint density at radius 2 is 2.08 bits per heavy atom. The predicted octanol–water partition coefficient (Wildman–Crippen LogP) is 2.06. The smallest absolute Gasteiger partial charge is 0.303 e. The van der Waals surface area contributed by atoms with E-state index in [1.54, 1.807) is 6.07 Å². The Labute approximate surface area is 152 Å². The number of aryl methyl sites for hydroxylation is 1. The zero-order valence-electron chi connectivity index (χ0n) is 13.4. The van der Waals surface area contributed by atoms with Crippen molar-refractivity contribution in [1.29, 1.82) is 0 Å². The molecule has 0 atom stereocenters. The minimum atomic E-state index is -1.04. The first-order chi connectivity index (χ1) is 12.5. The van der Waals surface area contributed by atoms with Crippen molar-refractivity contribution in [3.8, 4) is 5.75 Å². The fourth-order valence-electron chi connectivity index (χ4n) is 2.45. The third-order valence-electron chi connectivity index (χ3n) is 3.74. The number of nitrogens with zero attached hydrogens (tertiary/aromatic N) is 3. The van der Waals surface area contributed by atoms with Gasteiger partial charge in [-0.2, -0.15) is 14.9 Å². The van der Waals surface area contributed by atoms with Gasteiger partial charge in [-0.1, -0.05) is 30.3 Å². The van der Waals surface area contributed by atoms with Gasteiger partial charge in [-0.25, -0.2) is 0 Å². The summed E-state index contributed by atoms with van der Waals surface area (Å²) < 4.78 is 0.880. The highest BCUT2D eigenvalue weighted by molar-refractivity contribution is 7.71. The Morgan fingerprint density at radius 1 is 1.31 bits per heavy atom. The number of aromatic hydroxyl groups is 1. The molecule has 0 spiro atoms. The van der Waals surface area contributed by atoms with Crippen molar-refractivity contribution < 1.29 is 15.0 Å². The SMILES string of the molecule is O=C(O)CCc1n[nH]c(=S)n(/N=C\c2c(O)ccc3ccccc23)c1=O. The summed E-state index contributed by atoms with van der Waals surface area (Å²) in [4.78, 5) is 23.1. The second-order valence-corrected chi connectivity index (χ2v) is 5.84. The molecule has 9 heteroatoms. The van der Waals surface area contributed by atoms with E-state index in [4.69, 9.17) is 17.3 Å². The van der Waals surface area contributed by atoms with E-state index < -0.39 is 11.5 Å². The molecule has 26 heavy (non-hydrogen) atoms. The second kappa shape index (κ2) is 7.28. The van der Waals surface area contributed by atoms with E-state index in [-0.39, 0.29) is 29.1 Å². The maximum atomic E-state index is 12.4. The van der Waals surface area contributed by atoms with E-state index in [2.05, 4.69) is 15.3 Å². The molecule has 0 bridgehead atoms. The zero-order valence-corrected chi connectivity index (χ0v) is 14.2. The van der Waals surface area contributed by atoms with Crippen LogP contribution in [0, 0.1) is 4.77 Å². The number of benzene rings is 2. The van der Waals surface area contributed by atoms with Crippen molar-refractivity contribution in [1.82, 2.24) is 14.9 Å². The summed E-state index contributed by atoms with van der Waals surface area (Å²) in [5, 5.41) is 30.9. The van der Waals surface area contributed by atoms with Gasteiger partial charge in [0, 0.05) is 12.0 Å². The first kappa shape index (κ1) is 17.5. The number of aromatic amines is 1. The third kappa shape index (κ3) is 3.52. The van der Waals surface area contributed by atoms with Crippen LogP contribution >= 0.6 is 12.2 Å². The Hall–Kier alpha value is -3.33. The van der Waals surface area contributed by atoms with Crippen LogP contribution in [0.25, 0.3) is 10.8 Å². The molecule has 3 rings (SSSR count). The van der Waals surface area contributed by atoms with Crippen LogP contribution in [0.2, 0.25) is 0 Å². The minimum Gasteiger partial charge on any atom is -0.507 e. The average molecular weight is 370 g/mol. The lowest BCUT2D eigenvalue weighted by atomic mass is 10.0. The van der Waals surface area contributed by atoms with Crippen LogP contribution in [0.4, 0.5) is 0 Å². The van der Waals surface area contributed by atoms with Crippen LogP contribution in [-0.2, 0) is 11.2 Å². The molecule has 0 aliphatic rings. The molecule has 1 heterocycles.